The number of carbonyl (C=O) groups excluding carboxylic acids is 1. The van der Waals surface area contributed by atoms with Crippen LogP contribution in [0.25, 0.3) is 11.1 Å². The third-order valence-electron chi connectivity index (χ3n) is 4.23. The van der Waals surface area contributed by atoms with E-state index >= 15 is 0 Å². The third-order valence-corrected chi connectivity index (χ3v) is 4.53. The van der Waals surface area contributed by atoms with Gasteiger partial charge in [0.15, 0.2) is 0 Å². The van der Waals surface area contributed by atoms with Gasteiger partial charge in [-0.1, -0.05) is 25.4 Å². The van der Waals surface area contributed by atoms with Crippen LogP contribution in [0.4, 0.5) is 10.6 Å². The topological polar surface area (TPSA) is 97.9 Å². The van der Waals surface area contributed by atoms with E-state index in [1.807, 2.05) is 10.9 Å². The Labute approximate surface area is 151 Å². The molecule has 1 aliphatic heterocycles. The van der Waals surface area contributed by atoms with Crippen molar-refractivity contribution in [3.63, 3.8) is 0 Å². The maximum atomic E-state index is 11.9. The second-order valence-electron chi connectivity index (χ2n) is 7.08. The van der Waals surface area contributed by atoms with Crippen LogP contribution in [0.15, 0.2) is 18.5 Å². The number of hydrogen-bond donors (Lipinski definition) is 3. The summed E-state index contributed by atoms with van der Waals surface area (Å²) in [7, 11) is 0. The summed E-state index contributed by atoms with van der Waals surface area (Å²) in [6.45, 7) is 6.39. The number of nitrogens with two attached hydrogens (primary N) is 1. The van der Waals surface area contributed by atoms with Crippen molar-refractivity contribution in [3.8, 4) is 11.1 Å². The number of urea groups is 1. The van der Waals surface area contributed by atoms with Gasteiger partial charge in [0.1, 0.15) is 5.82 Å². The van der Waals surface area contributed by atoms with Crippen LogP contribution in [0.3, 0.4) is 0 Å². The molecule has 7 nitrogen and oxygen atoms in total. The van der Waals surface area contributed by atoms with Crippen LogP contribution in [0.2, 0.25) is 5.02 Å². The Bertz CT molecular complexity index is 785. The number of fused-ring (bicyclic) bond motifs is 1. The molecule has 8 heteroatoms. The molecule has 0 saturated carbocycles. The lowest BCUT2D eigenvalue weighted by Crippen LogP contribution is -2.30. The zero-order chi connectivity index (χ0) is 18.0. The Hall–Kier alpha value is -2.12. The van der Waals surface area contributed by atoms with Crippen LogP contribution < -0.4 is 16.4 Å². The average molecular weight is 363 g/mol. The van der Waals surface area contributed by atoms with E-state index in [4.69, 9.17) is 17.3 Å². The lowest BCUT2D eigenvalue weighted by molar-refractivity contribution is 0.252. The third kappa shape index (κ3) is 3.93. The van der Waals surface area contributed by atoms with Gasteiger partial charge in [-0.15, -0.1) is 0 Å². The van der Waals surface area contributed by atoms with Crippen molar-refractivity contribution in [2.75, 3.05) is 18.4 Å². The molecule has 1 aliphatic rings. The molecule has 0 fully saturated rings. The van der Waals surface area contributed by atoms with Crippen molar-refractivity contribution < 1.29 is 4.79 Å². The first-order chi connectivity index (χ1) is 11.9. The van der Waals surface area contributed by atoms with Gasteiger partial charge < -0.3 is 11.1 Å². The molecule has 4 N–H and O–H groups in total. The highest BCUT2D eigenvalue weighted by Crippen LogP contribution is 2.39. The lowest BCUT2D eigenvalue weighted by Gasteiger charge is -2.14. The number of anilines is 1. The lowest BCUT2D eigenvalue weighted by atomic mass is 9.89. The highest BCUT2D eigenvalue weighted by Gasteiger charge is 2.32. The summed E-state index contributed by atoms with van der Waals surface area (Å²) in [5.41, 5.74) is 8.58. The molecule has 134 valence electrons. The van der Waals surface area contributed by atoms with Crippen LogP contribution in [0, 0.1) is 5.41 Å². The minimum Gasteiger partial charge on any atom is -0.338 e. The van der Waals surface area contributed by atoms with E-state index in [0.29, 0.717) is 23.9 Å². The van der Waals surface area contributed by atoms with Crippen molar-refractivity contribution in [1.29, 1.82) is 0 Å². The van der Waals surface area contributed by atoms with E-state index in [9.17, 15) is 4.79 Å². The molecule has 0 bridgehead atoms. The molecule has 0 unspecified atom stereocenters. The molecular weight excluding hydrogens is 340 g/mol. The number of amides is 2. The Kier molecular flexibility index (Phi) is 4.96. The van der Waals surface area contributed by atoms with Crippen LogP contribution in [0.1, 0.15) is 26.0 Å². The van der Waals surface area contributed by atoms with Crippen molar-refractivity contribution >= 4 is 23.4 Å². The summed E-state index contributed by atoms with van der Waals surface area (Å²) in [4.78, 5) is 16.1. The first-order valence-corrected chi connectivity index (χ1v) is 8.73. The maximum Gasteiger partial charge on any atom is 0.320 e. The molecule has 0 radical (unpaired) electrons. The molecule has 3 rings (SSSR count). The molecular formula is C17H23ClN6O. The molecule has 25 heavy (non-hydrogen) atoms. The zero-order valence-electron chi connectivity index (χ0n) is 14.5. The first-order valence-electron chi connectivity index (χ1n) is 8.35. The van der Waals surface area contributed by atoms with E-state index < -0.39 is 0 Å². The number of halogens is 1. The minimum atomic E-state index is -0.310. The van der Waals surface area contributed by atoms with Crippen LogP contribution in [0.5, 0.6) is 0 Å². The number of pyridine rings is 1. The minimum absolute atomic E-state index is 0.182. The van der Waals surface area contributed by atoms with Gasteiger partial charge in [0.2, 0.25) is 0 Å². The normalized spacial score (nSPS) is 15.0. The Morgan fingerprint density at radius 1 is 1.40 bits per heavy atom. The van der Waals surface area contributed by atoms with E-state index in [-0.39, 0.29) is 11.4 Å². The van der Waals surface area contributed by atoms with Crippen molar-refractivity contribution in [2.24, 2.45) is 11.1 Å². The SMILES string of the molecule is CC1(C)Cc2c(-c3cc(NC(=O)NCCCN)ncc3Cl)cnn2C1. The Balaban J connectivity index is 1.81. The summed E-state index contributed by atoms with van der Waals surface area (Å²) >= 11 is 6.36. The van der Waals surface area contributed by atoms with Gasteiger partial charge in [0.25, 0.3) is 0 Å². The van der Waals surface area contributed by atoms with Crippen molar-refractivity contribution in [3.05, 3.63) is 29.2 Å². The van der Waals surface area contributed by atoms with Crippen LogP contribution in [-0.4, -0.2) is 33.9 Å². The molecule has 2 aromatic heterocycles. The van der Waals surface area contributed by atoms with Crippen LogP contribution >= 0.6 is 11.6 Å². The summed E-state index contributed by atoms with van der Waals surface area (Å²) in [5, 5.41) is 10.5. The van der Waals surface area contributed by atoms with E-state index in [0.717, 1.165) is 36.2 Å². The molecule has 0 atom stereocenters. The first kappa shape index (κ1) is 17.7. The maximum absolute atomic E-state index is 11.9. The van der Waals surface area contributed by atoms with Crippen molar-refractivity contribution in [1.82, 2.24) is 20.1 Å². The molecule has 3 heterocycles. The molecule has 0 aliphatic carbocycles. The van der Waals surface area contributed by atoms with E-state index in [1.165, 1.54) is 0 Å². The molecule has 0 aromatic carbocycles. The van der Waals surface area contributed by atoms with Crippen molar-refractivity contribution in [2.45, 2.75) is 33.2 Å². The summed E-state index contributed by atoms with van der Waals surface area (Å²) in [6.07, 6.45) is 5.04. The largest absolute Gasteiger partial charge is 0.338 e. The number of rotatable bonds is 5. The van der Waals surface area contributed by atoms with Gasteiger partial charge in [-0.3, -0.25) is 10.00 Å². The predicted molar refractivity (Wildman–Crippen MR) is 98.6 cm³/mol. The van der Waals surface area contributed by atoms with Gasteiger partial charge >= 0.3 is 6.03 Å². The number of carbonyl (C=O) groups is 1. The van der Waals surface area contributed by atoms with Crippen LogP contribution in [-0.2, 0) is 13.0 Å². The Morgan fingerprint density at radius 3 is 2.96 bits per heavy atom. The zero-order valence-corrected chi connectivity index (χ0v) is 15.2. The summed E-state index contributed by atoms with van der Waals surface area (Å²) in [6, 6.07) is 1.48. The molecule has 0 spiro atoms. The molecule has 2 amide bonds. The standard InChI is InChI=1S/C17H23ClN6O/c1-17(2)7-14-12(8-22-24(14)10-17)11-6-15(21-9-13(11)18)23-16(25)20-5-3-4-19/h6,8-9H,3-5,7,10,19H2,1-2H3,(H2,20,21,23,25). The number of hydrogen-bond acceptors (Lipinski definition) is 4. The summed E-state index contributed by atoms with van der Waals surface area (Å²) < 4.78 is 2.03. The average Bonchev–Trinajstić information content (AvgIpc) is 3.04. The highest BCUT2D eigenvalue weighted by molar-refractivity contribution is 6.33. The highest BCUT2D eigenvalue weighted by atomic mass is 35.5. The fraction of sp³-hybridized carbons (Fsp3) is 0.471. The quantitative estimate of drug-likeness (QED) is 0.712. The smallest absolute Gasteiger partial charge is 0.320 e. The Morgan fingerprint density at radius 2 is 2.20 bits per heavy atom. The fourth-order valence-electron chi connectivity index (χ4n) is 3.05. The van der Waals surface area contributed by atoms with E-state index in [2.05, 4.69) is 34.6 Å². The van der Waals surface area contributed by atoms with Gasteiger partial charge in [-0.2, -0.15) is 5.10 Å². The van der Waals surface area contributed by atoms with Gasteiger partial charge in [0, 0.05) is 36.1 Å². The number of nitrogens with zero attached hydrogens (tertiary/aromatic N) is 3. The number of nitrogens with one attached hydrogen (secondary N) is 2. The second kappa shape index (κ2) is 7.01. The molecule has 2 aromatic rings. The number of aromatic nitrogens is 3. The summed E-state index contributed by atoms with van der Waals surface area (Å²) in [5.74, 6) is 0.446. The second-order valence-corrected chi connectivity index (χ2v) is 7.48. The monoisotopic (exact) mass is 362 g/mol. The predicted octanol–water partition coefficient (Wildman–Crippen LogP) is 2.65. The molecule has 0 saturated heterocycles. The van der Waals surface area contributed by atoms with Gasteiger partial charge in [0.05, 0.1) is 11.2 Å². The van der Waals surface area contributed by atoms with E-state index in [1.54, 1.807) is 12.3 Å². The van der Waals surface area contributed by atoms with Gasteiger partial charge in [-0.25, -0.2) is 9.78 Å². The van der Waals surface area contributed by atoms with Gasteiger partial charge in [-0.05, 0) is 30.9 Å². The fourth-order valence-corrected chi connectivity index (χ4v) is 3.26.